The van der Waals surface area contributed by atoms with E-state index in [9.17, 15) is 0 Å². The van der Waals surface area contributed by atoms with Crippen molar-refractivity contribution in [2.45, 2.75) is 37.8 Å². The monoisotopic (exact) mass is 211 g/mol. The number of hydrogen-bond acceptors (Lipinski definition) is 3. The molecule has 0 aromatic rings. The van der Waals surface area contributed by atoms with Crippen LogP contribution >= 0.6 is 0 Å². The summed E-state index contributed by atoms with van der Waals surface area (Å²) in [5, 5.41) is 3.40. The lowest BCUT2D eigenvalue weighted by Gasteiger charge is -2.41. The van der Waals surface area contributed by atoms with Crippen molar-refractivity contribution in [3.8, 4) is 0 Å². The lowest BCUT2D eigenvalue weighted by atomic mass is 9.98. The highest BCUT2D eigenvalue weighted by atomic mass is 15.2. The molecular weight excluding hydrogens is 186 g/mol. The zero-order valence-corrected chi connectivity index (χ0v) is 10.2. The highest BCUT2D eigenvalue weighted by Crippen LogP contribution is 2.20. The maximum Gasteiger partial charge on any atom is 0.0120 e. The molecule has 0 saturated carbocycles. The van der Waals surface area contributed by atoms with Crippen LogP contribution in [0.15, 0.2) is 0 Å². The molecule has 2 fully saturated rings. The van der Waals surface area contributed by atoms with E-state index in [0.29, 0.717) is 0 Å². The van der Waals surface area contributed by atoms with E-state index in [1.165, 1.54) is 51.9 Å². The molecule has 88 valence electrons. The average molecular weight is 211 g/mol. The second-order valence-corrected chi connectivity index (χ2v) is 5.13. The molecule has 3 heteroatoms. The van der Waals surface area contributed by atoms with Gasteiger partial charge in [-0.3, -0.25) is 0 Å². The van der Waals surface area contributed by atoms with E-state index < -0.39 is 0 Å². The number of nitrogens with zero attached hydrogens (tertiary/aromatic N) is 2. The Balaban J connectivity index is 1.75. The van der Waals surface area contributed by atoms with Gasteiger partial charge in [0, 0.05) is 12.1 Å². The van der Waals surface area contributed by atoms with Crippen LogP contribution in [0.5, 0.6) is 0 Å². The molecule has 0 unspecified atom stereocenters. The third kappa shape index (κ3) is 2.92. The van der Waals surface area contributed by atoms with E-state index in [4.69, 9.17) is 0 Å². The van der Waals surface area contributed by atoms with Crippen LogP contribution in [0.2, 0.25) is 0 Å². The van der Waals surface area contributed by atoms with Gasteiger partial charge in [0.25, 0.3) is 0 Å². The molecule has 0 amide bonds. The molecule has 0 radical (unpaired) electrons. The van der Waals surface area contributed by atoms with Crippen LogP contribution in [-0.2, 0) is 0 Å². The lowest BCUT2D eigenvalue weighted by molar-refractivity contribution is 0.0935. The Morgan fingerprint density at radius 3 is 2.07 bits per heavy atom. The molecule has 15 heavy (non-hydrogen) atoms. The van der Waals surface area contributed by atoms with Crippen molar-refractivity contribution in [1.29, 1.82) is 0 Å². The topological polar surface area (TPSA) is 18.5 Å². The number of nitrogens with one attached hydrogen (secondary N) is 1. The molecule has 0 atom stereocenters. The third-order valence-electron chi connectivity index (χ3n) is 4.14. The maximum atomic E-state index is 3.40. The number of piperidine rings is 2. The van der Waals surface area contributed by atoms with Crippen molar-refractivity contribution >= 4 is 0 Å². The summed E-state index contributed by atoms with van der Waals surface area (Å²) in [7, 11) is 4.33. The molecule has 3 nitrogen and oxygen atoms in total. The Kier molecular flexibility index (Phi) is 4.00. The van der Waals surface area contributed by atoms with Crippen LogP contribution in [0.4, 0.5) is 0 Å². The molecule has 0 bridgehead atoms. The lowest BCUT2D eigenvalue weighted by Crippen LogP contribution is -2.49. The molecule has 2 aliphatic rings. The zero-order valence-electron chi connectivity index (χ0n) is 10.2. The summed E-state index contributed by atoms with van der Waals surface area (Å²) in [5.41, 5.74) is 0. The van der Waals surface area contributed by atoms with E-state index in [2.05, 4.69) is 29.2 Å². The van der Waals surface area contributed by atoms with Crippen molar-refractivity contribution in [2.75, 3.05) is 40.3 Å². The summed E-state index contributed by atoms with van der Waals surface area (Å²) in [4.78, 5) is 5.18. The van der Waals surface area contributed by atoms with Gasteiger partial charge in [-0.05, 0) is 66.0 Å². The average Bonchev–Trinajstić information content (AvgIpc) is 2.30. The second-order valence-electron chi connectivity index (χ2n) is 5.13. The minimum atomic E-state index is 0.771. The highest BCUT2D eigenvalue weighted by molar-refractivity contribution is 4.83. The Morgan fingerprint density at radius 2 is 1.53 bits per heavy atom. The van der Waals surface area contributed by atoms with Crippen LogP contribution in [0.1, 0.15) is 25.7 Å². The molecule has 2 rings (SSSR count). The van der Waals surface area contributed by atoms with E-state index >= 15 is 0 Å². The normalized spacial score (nSPS) is 28.4. The van der Waals surface area contributed by atoms with Gasteiger partial charge in [-0.2, -0.15) is 0 Å². The fourth-order valence-corrected chi connectivity index (χ4v) is 2.91. The minimum Gasteiger partial charge on any atom is -0.317 e. The molecule has 0 aromatic heterocycles. The van der Waals surface area contributed by atoms with Gasteiger partial charge < -0.3 is 15.1 Å². The number of rotatable bonds is 2. The summed E-state index contributed by atoms with van der Waals surface area (Å²) in [6.07, 6.45) is 5.42. The van der Waals surface area contributed by atoms with Gasteiger partial charge >= 0.3 is 0 Å². The SMILES string of the molecule is CNC1CCN(C2CCN(C)CC2)CC1. The van der Waals surface area contributed by atoms with Crippen LogP contribution in [0, 0.1) is 0 Å². The summed E-state index contributed by atoms with van der Waals surface area (Å²) in [5.74, 6) is 0. The molecular formula is C12H25N3. The Bertz CT molecular complexity index is 179. The highest BCUT2D eigenvalue weighted by Gasteiger charge is 2.26. The fraction of sp³-hybridized carbons (Fsp3) is 1.00. The van der Waals surface area contributed by atoms with E-state index in [1.807, 2.05) is 0 Å². The van der Waals surface area contributed by atoms with Gasteiger partial charge in [0.05, 0.1) is 0 Å². The van der Waals surface area contributed by atoms with Crippen LogP contribution in [-0.4, -0.2) is 62.2 Å². The van der Waals surface area contributed by atoms with Crippen molar-refractivity contribution < 1.29 is 0 Å². The van der Waals surface area contributed by atoms with Gasteiger partial charge in [0.1, 0.15) is 0 Å². The quantitative estimate of drug-likeness (QED) is 0.728. The summed E-state index contributed by atoms with van der Waals surface area (Å²) in [6.45, 7) is 5.19. The predicted octanol–water partition coefficient (Wildman–Crippen LogP) is 0.764. The number of likely N-dealkylation sites (tertiary alicyclic amines) is 2. The Hall–Kier alpha value is -0.120. The van der Waals surface area contributed by atoms with Gasteiger partial charge in [-0.15, -0.1) is 0 Å². The molecule has 1 N–H and O–H groups in total. The Morgan fingerprint density at radius 1 is 0.933 bits per heavy atom. The summed E-state index contributed by atoms with van der Waals surface area (Å²) < 4.78 is 0. The van der Waals surface area contributed by atoms with Gasteiger partial charge in [-0.1, -0.05) is 0 Å². The largest absolute Gasteiger partial charge is 0.317 e. The molecule has 0 spiro atoms. The van der Waals surface area contributed by atoms with E-state index in [0.717, 1.165) is 12.1 Å². The van der Waals surface area contributed by atoms with Crippen LogP contribution < -0.4 is 5.32 Å². The van der Waals surface area contributed by atoms with Crippen LogP contribution in [0.25, 0.3) is 0 Å². The first kappa shape index (κ1) is 11.4. The van der Waals surface area contributed by atoms with Crippen molar-refractivity contribution in [2.24, 2.45) is 0 Å². The van der Waals surface area contributed by atoms with Crippen LogP contribution in [0.3, 0.4) is 0 Å². The summed E-state index contributed by atoms with van der Waals surface area (Å²) >= 11 is 0. The Labute approximate surface area is 93.8 Å². The molecule has 0 aromatic carbocycles. The number of hydrogen-bond donors (Lipinski definition) is 1. The molecule has 0 aliphatic carbocycles. The maximum absolute atomic E-state index is 3.40. The van der Waals surface area contributed by atoms with Crippen molar-refractivity contribution in [3.63, 3.8) is 0 Å². The minimum absolute atomic E-state index is 0.771. The second kappa shape index (κ2) is 5.28. The van der Waals surface area contributed by atoms with Gasteiger partial charge in [-0.25, -0.2) is 0 Å². The first-order chi connectivity index (χ1) is 7.29. The van der Waals surface area contributed by atoms with Crippen molar-refractivity contribution in [1.82, 2.24) is 15.1 Å². The predicted molar refractivity (Wildman–Crippen MR) is 64.2 cm³/mol. The molecule has 2 heterocycles. The van der Waals surface area contributed by atoms with E-state index in [-0.39, 0.29) is 0 Å². The summed E-state index contributed by atoms with van der Waals surface area (Å²) in [6, 6.07) is 1.64. The smallest absolute Gasteiger partial charge is 0.0120 e. The van der Waals surface area contributed by atoms with Crippen molar-refractivity contribution in [3.05, 3.63) is 0 Å². The van der Waals surface area contributed by atoms with Gasteiger partial charge in [0.15, 0.2) is 0 Å². The molecule has 2 aliphatic heterocycles. The third-order valence-corrected chi connectivity index (χ3v) is 4.14. The fourth-order valence-electron chi connectivity index (χ4n) is 2.91. The molecule has 2 saturated heterocycles. The van der Waals surface area contributed by atoms with E-state index in [1.54, 1.807) is 0 Å². The zero-order chi connectivity index (χ0) is 10.7. The first-order valence-corrected chi connectivity index (χ1v) is 6.39. The first-order valence-electron chi connectivity index (χ1n) is 6.39. The van der Waals surface area contributed by atoms with Gasteiger partial charge in [0.2, 0.25) is 0 Å². The standard InChI is InChI=1S/C12H25N3/c1-13-11-3-9-15(10-4-11)12-5-7-14(2)8-6-12/h11-13H,3-10H2,1-2H3.